The van der Waals surface area contributed by atoms with Crippen molar-refractivity contribution in [2.45, 2.75) is 45.6 Å². The van der Waals surface area contributed by atoms with Gasteiger partial charge in [-0.25, -0.2) is 9.97 Å². The molecule has 23 heavy (non-hydrogen) atoms. The molecule has 1 N–H and O–H groups in total. The molecule has 2 fully saturated rings. The molecule has 3 heterocycles. The van der Waals surface area contributed by atoms with Crippen LogP contribution in [0.1, 0.15) is 37.0 Å². The van der Waals surface area contributed by atoms with Gasteiger partial charge in [-0.3, -0.25) is 4.79 Å². The third-order valence-corrected chi connectivity index (χ3v) is 4.96. The zero-order valence-corrected chi connectivity index (χ0v) is 13.6. The number of nitrogens with one attached hydrogen (secondary N) is 1. The summed E-state index contributed by atoms with van der Waals surface area (Å²) in [6.45, 7) is 5.62. The average molecular weight is 314 g/mol. The van der Waals surface area contributed by atoms with Gasteiger partial charge in [-0.2, -0.15) is 0 Å². The van der Waals surface area contributed by atoms with E-state index >= 15 is 0 Å². The predicted molar refractivity (Wildman–Crippen MR) is 87.4 cm³/mol. The van der Waals surface area contributed by atoms with Crippen LogP contribution in [0.15, 0.2) is 10.7 Å². The minimum absolute atomic E-state index is 0.0441. The van der Waals surface area contributed by atoms with Crippen LogP contribution in [0.3, 0.4) is 0 Å². The molecule has 122 valence electrons. The van der Waals surface area contributed by atoms with Crippen LogP contribution in [0.2, 0.25) is 0 Å². The van der Waals surface area contributed by atoms with Crippen molar-refractivity contribution in [3.63, 3.8) is 0 Å². The number of aryl methyl sites for hydroxylation is 2. The zero-order chi connectivity index (χ0) is 16.0. The fourth-order valence-corrected chi connectivity index (χ4v) is 3.33. The van der Waals surface area contributed by atoms with Crippen LogP contribution in [0.25, 0.3) is 11.1 Å². The molecule has 0 aromatic carbocycles. The van der Waals surface area contributed by atoms with Gasteiger partial charge in [0.05, 0.1) is 11.3 Å². The molecule has 0 radical (unpaired) electrons. The van der Waals surface area contributed by atoms with Gasteiger partial charge >= 0.3 is 0 Å². The second-order valence-corrected chi connectivity index (χ2v) is 6.73. The van der Waals surface area contributed by atoms with E-state index < -0.39 is 0 Å². The highest BCUT2D eigenvalue weighted by Gasteiger charge is 2.31. The van der Waals surface area contributed by atoms with Crippen molar-refractivity contribution in [3.05, 3.63) is 17.7 Å². The van der Waals surface area contributed by atoms with E-state index in [2.05, 4.69) is 20.2 Å². The molecule has 6 heteroatoms. The lowest BCUT2D eigenvalue weighted by molar-refractivity contribution is -0.125. The number of amides is 1. The maximum absolute atomic E-state index is 12.4. The van der Waals surface area contributed by atoms with E-state index in [-0.39, 0.29) is 11.8 Å². The monoisotopic (exact) mass is 314 g/mol. The Kier molecular flexibility index (Phi) is 3.47. The second-order valence-electron chi connectivity index (χ2n) is 6.73. The number of hydrogen-bond acceptors (Lipinski definition) is 5. The van der Waals surface area contributed by atoms with Crippen molar-refractivity contribution in [3.8, 4) is 0 Å². The average Bonchev–Trinajstić information content (AvgIpc) is 3.33. The number of carbonyl (C=O) groups is 1. The summed E-state index contributed by atoms with van der Waals surface area (Å²) in [7, 11) is 0. The van der Waals surface area contributed by atoms with Crippen LogP contribution in [0, 0.1) is 19.8 Å². The molecule has 1 atom stereocenters. The predicted octanol–water partition coefficient (Wildman–Crippen LogP) is 2.33. The molecule has 1 unspecified atom stereocenters. The smallest absolute Gasteiger partial charge is 0.231 e. The van der Waals surface area contributed by atoms with Gasteiger partial charge in [0, 0.05) is 24.7 Å². The van der Waals surface area contributed by atoms with E-state index in [1.807, 2.05) is 13.8 Å². The molecule has 4 rings (SSSR count). The Balaban J connectivity index is 1.61. The van der Waals surface area contributed by atoms with Gasteiger partial charge < -0.3 is 14.6 Å². The zero-order valence-electron chi connectivity index (χ0n) is 13.6. The van der Waals surface area contributed by atoms with E-state index in [1.54, 1.807) is 6.33 Å². The van der Waals surface area contributed by atoms with Crippen LogP contribution in [-0.2, 0) is 4.79 Å². The van der Waals surface area contributed by atoms with Gasteiger partial charge in [0.15, 0.2) is 0 Å². The summed E-state index contributed by atoms with van der Waals surface area (Å²) in [5, 5.41) is 4.11. The van der Waals surface area contributed by atoms with Crippen molar-refractivity contribution in [2.75, 3.05) is 18.0 Å². The molecule has 0 bridgehead atoms. The quantitative estimate of drug-likeness (QED) is 0.941. The fraction of sp³-hybridized carbons (Fsp3) is 0.588. The van der Waals surface area contributed by atoms with Crippen molar-refractivity contribution < 1.29 is 9.21 Å². The summed E-state index contributed by atoms with van der Waals surface area (Å²) in [4.78, 5) is 23.3. The number of hydrogen-bond donors (Lipinski definition) is 1. The number of piperidine rings is 1. The van der Waals surface area contributed by atoms with Gasteiger partial charge in [0.2, 0.25) is 11.6 Å². The number of anilines is 1. The van der Waals surface area contributed by atoms with Crippen LogP contribution in [0.5, 0.6) is 0 Å². The number of carbonyl (C=O) groups excluding carboxylic acids is 1. The SMILES string of the molecule is Cc1oc2ncnc(N3CCCC(C(=O)NC4CC4)C3)c2c1C. The summed E-state index contributed by atoms with van der Waals surface area (Å²) in [5.41, 5.74) is 1.72. The molecule has 6 nitrogen and oxygen atoms in total. The lowest BCUT2D eigenvalue weighted by Crippen LogP contribution is -2.44. The number of furan rings is 1. The normalized spacial score (nSPS) is 21.7. The largest absolute Gasteiger partial charge is 0.443 e. The lowest BCUT2D eigenvalue weighted by atomic mass is 9.96. The first kappa shape index (κ1) is 14.5. The molecule has 1 saturated heterocycles. The Bertz CT molecular complexity index is 750. The Morgan fingerprint density at radius 1 is 1.30 bits per heavy atom. The topological polar surface area (TPSA) is 71.3 Å². The number of rotatable bonds is 3. The van der Waals surface area contributed by atoms with Gasteiger partial charge in [0.1, 0.15) is 17.9 Å². The maximum Gasteiger partial charge on any atom is 0.231 e. The van der Waals surface area contributed by atoms with Crippen molar-refractivity contribution >= 4 is 22.8 Å². The molecule has 1 amide bonds. The van der Waals surface area contributed by atoms with E-state index in [9.17, 15) is 4.79 Å². The highest BCUT2D eigenvalue weighted by Crippen LogP contribution is 2.32. The Morgan fingerprint density at radius 2 is 2.13 bits per heavy atom. The summed E-state index contributed by atoms with van der Waals surface area (Å²) in [6, 6.07) is 0.419. The highest BCUT2D eigenvalue weighted by molar-refractivity contribution is 5.90. The van der Waals surface area contributed by atoms with E-state index in [4.69, 9.17) is 4.42 Å². The van der Waals surface area contributed by atoms with E-state index in [1.165, 1.54) is 0 Å². The molecular weight excluding hydrogens is 292 g/mol. The summed E-state index contributed by atoms with van der Waals surface area (Å²) in [6.07, 6.45) is 5.76. The molecule has 1 saturated carbocycles. The summed E-state index contributed by atoms with van der Waals surface area (Å²) in [5.74, 6) is 2.01. The molecule has 2 aliphatic rings. The molecule has 1 aliphatic heterocycles. The minimum atomic E-state index is 0.0441. The third kappa shape index (κ3) is 2.66. The van der Waals surface area contributed by atoms with Crippen molar-refractivity contribution in [2.24, 2.45) is 5.92 Å². The van der Waals surface area contributed by atoms with Gasteiger partial charge in [-0.15, -0.1) is 0 Å². The number of aromatic nitrogens is 2. The Hall–Kier alpha value is -2.11. The minimum Gasteiger partial charge on any atom is -0.443 e. The first-order valence-electron chi connectivity index (χ1n) is 8.39. The first-order chi connectivity index (χ1) is 11.1. The molecule has 2 aromatic rings. The van der Waals surface area contributed by atoms with Crippen LogP contribution >= 0.6 is 0 Å². The third-order valence-electron chi connectivity index (χ3n) is 4.96. The van der Waals surface area contributed by atoms with E-state index in [0.717, 1.165) is 54.8 Å². The van der Waals surface area contributed by atoms with Crippen LogP contribution in [0.4, 0.5) is 5.82 Å². The van der Waals surface area contributed by atoms with Crippen molar-refractivity contribution in [1.82, 2.24) is 15.3 Å². The number of fused-ring (bicyclic) bond motifs is 1. The highest BCUT2D eigenvalue weighted by atomic mass is 16.3. The molecule has 0 spiro atoms. The van der Waals surface area contributed by atoms with Crippen molar-refractivity contribution in [1.29, 1.82) is 0 Å². The summed E-state index contributed by atoms with van der Waals surface area (Å²) >= 11 is 0. The molecule has 1 aliphatic carbocycles. The first-order valence-corrected chi connectivity index (χ1v) is 8.39. The van der Waals surface area contributed by atoms with Crippen LogP contribution < -0.4 is 10.2 Å². The summed E-state index contributed by atoms with van der Waals surface area (Å²) < 4.78 is 5.71. The Labute approximate surface area is 135 Å². The lowest BCUT2D eigenvalue weighted by Gasteiger charge is -2.33. The van der Waals surface area contributed by atoms with E-state index in [0.29, 0.717) is 18.3 Å². The maximum atomic E-state index is 12.4. The fourth-order valence-electron chi connectivity index (χ4n) is 3.33. The molecule has 2 aromatic heterocycles. The van der Waals surface area contributed by atoms with Gasteiger partial charge in [-0.1, -0.05) is 0 Å². The Morgan fingerprint density at radius 3 is 2.91 bits per heavy atom. The second kappa shape index (κ2) is 5.51. The van der Waals surface area contributed by atoms with Crippen LogP contribution in [-0.4, -0.2) is 35.0 Å². The molecular formula is C17H22N4O2. The standard InChI is InChI=1S/C17H22N4O2/c1-10-11(2)23-17-14(10)15(18-9-19-17)21-7-3-4-12(8-21)16(22)20-13-5-6-13/h9,12-13H,3-8H2,1-2H3,(H,20,22). The number of nitrogens with zero attached hydrogens (tertiary/aromatic N) is 3. The van der Waals surface area contributed by atoms with Gasteiger partial charge in [0.25, 0.3) is 0 Å². The van der Waals surface area contributed by atoms with Gasteiger partial charge in [-0.05, 0) is 39.5 Å².